The standard InChI is InChI=1S/C11H11BrF2OS/c1-16-10-6-7(9(15)4-5-12)2-3-8(10)11(13)14/h2-3,6,11H,4-5H2,1H3. The first-order chi connectivity index (χ1) is 7.60. The third-order valence-electron chi connectivity index (χ3n) is 2.11. The first-order valence-electron chi connectivity index (χ1n) is 4.65. The molecule has 0 radical (unpaired) electrons. The highest BCUT2D eigenvalue weighted by Crippen LogP contribution is 2.30. The summed E-state index contributed by atoms with van der Waals surface area (Å²) in [5.41, 5.74) is 0.482. The van der Waals surface area contributed by atoms with Gasteiger partial charge in [0.05, 0.1) is 0 Å². The normalized spacial score (nSPS) is 10.8. The number of carbonyl (C=O) groups is 1. The third kappa shape index (κ3) is 3.28. The predicted octanol–water partition coefficient (Wildman–Crippen LogP) is 4.31. The zero-order chi connectivity index (χ0) is 12.1. The van der Waals surface area contributed by atoms with Gasteiger partial charge < -0.3 is 0 Å². The van der Waals surface area contributed by atoms with E-state index in [4.69, 9.17) is 0 Å². The second kappa shape index (κ2) is 6.35. The summed E-state index contributed by atoms with van der Waals surface area (Å²) >= 11 is 4.40. The molecule has 0 fully saturated rings. The van der Waals surface area contributed by atoms with Gasteiger partial charge in [-0.25, -0.2) is 8.78 Å². The van der Waals surface area contributed by atoms with Gasteiger partial charge in [0.25, 0.3) is 6.43 Å². The molecular formula is C11H11BrF2OS. The van der Waals surface area contributed by atoms with E-state index in [2.05, 4.69) is 15.9 Å². The number of rotatable bonds is 5. The molecule has 0 N–H and O–H groups in total. The average Bonchev–Trinajstić information content (AvgIpc) is 2.28. The summed E-state index contributed by atoms with van der Waals surface area (Å²) in [5, 5.41) is 0.580. The number of ketones is 1. The van der Waals surface area contributed by atoms with Gasteiger partial charge in [-0.05, 0) is 12.3 Å². The maximum atomic E-state index is 12.6. The van der Waals surface area contributed by atoms with Gasteiger partial charge >= 0.3 is 0 Å². The Hall–Kier alpha value is -0.420. The minimum absolute atomic E-state index is 0.0112. The van der Waals surface area contributed by atoms with Crippen LogP contribution in [-0.2, 0) is 0 Å². The van der Waals surface area contributed by atoms with Crippen molar-refractivity contribution in [2.24, 2.45) is 0 Å². The molecule has 0 spiro atoms. The molecular weight excluding hydrogens is 298 g/mol. The Morgan fingerprint density at radius 2 is 2.19 bits per heavy atom. The van der Waals surface area contributed by atoms with Crippen LogP contribution in [0, 0.1) is 0 Å². The van der Waals surface area contributed by atoms with Gasteiger partial charge in [-0.3, -0.25) is 4.79 Å². The van der Waals surface area contributed by atoms with Crippen molar-refractivity contribution in [2.45, 2.75) is 17.7 Å². The van der Waals surface area contributed by atoms with Gasteiger partial charge in [0.15, 0.2) is 5.78 Å². The molecule has 88 valence electrons. The number of benzene rings is 1. The SMILES string of the molecule is CSc1cc(C(=O)CCBr)ccc1C(F)F. The monoisotopic (exact) mass is 308 g/mol. The lowest BCUT2D eigenvalue weighted by Crippen LogP contribution is -2.01. The summed E-state index contributed by atoms with van der Waals surface area (Å²) in [4.78, 5) is 12.0. The number of alkyl halides is 3. The fourth-order valence-corrected chi connectivity index (χ4v) is 2.29. The second-order valence-electron chi connectivity index (χ2n) is 3.12. The average molecular weight is 309 g/mol. The fraction of sp³-hybridized carbons (Fsp3) is 0.364. The topological polar surface area (TPSA) is 17.1 Å². The zero-order valence-electron chi connectivity index (χ0n) is 8.67. The van der Waals surface area contributed by atoms with Crippen LogP contribution in [0.3, 0.4) is 0 Å². The van der Waals surface area contributed by atoms with E-state index >= 15 is 0 Å². The van der Waals surface area contributed by atoms with E-state index in [-0.39, 0.29) is 11.3 Å². The van der Waals surface area contributed by atoms with Gasteiger partial charge in [-0.1, -0.05) is 28.1 Å². The molecule has 0 unspecified atom stereocenters. The lowest BCUT2D eigenvalue weighted by Gasteiger charge is -2.08. The largest absolute Gasteiger partial charge is 0.294 e. The Labute approximate surface area is 106 Å². The highest BCUT2D eigenvalue weighted by molar-refractivity contribution is 9.09. The molecule has 1 nitrogen and oxygen atoms in total. The van der Waals surface area contributed by atoms with Crippen LogP contribution in [0.2, 0.25) is 0 Å². The fourth-order valence-electron chi connectivity index (χ4n) is 1.30. The molecule has 0 aromatic heterocycles. The molecule has 1 aromatic carbocycles. The molecule has 0 saturated heterocycles. The van der Waals surface area contributed by atoms with Gasteiger partial charge in [0.1, 0.15) is 0 Å². The molecule has 0 atom stereocenters. The van der Waals surface area contributed by atoms with Crippen LogP contribution >= 0.6 is 27.7 Å². The maximum Gasteiger partial charge on any atom is 0.264 e. The summed E-state index contributed by atoms with van der Waals surface area (Å²) in [6.45, 7) is 0. The van der Waals surface area contributed by atoms with Crippen LogP contribution in [-0.4, -0.2) is 17.4 Å². The van der Waals surface area contributed by atoms with Crippen molar-refractivity contribution in [3.05, 3.63) is 29.3 Å². The molecule has 0 aliphatic heterocycles. The molecule has 16 heavy (non-hydrogen) atoms. The summed E-state index contributed by atoms with van der Waals surface area (Å²) in [6, 6.07) is 4.33. The van der Waals surface area contributed by atoms with E-state index in [1.165, 1.54) is 30.0 Å². The van der Waals surface area contributed by atoms with E-state index < -0.39 is 6.43 Å². The van der Waals surface area contributed by atoms with Crippen LogP contribution in [0.15, 0.2) is 23.1 Å². The van der Waals surface area contributed by atoms with E-state index in [9.17, 15) is 13.6 Å². The zero-order valence-corrected chi connectivity index (χ0v) is 11.1. The van der Waals surface area contributed by atoms with Gasteiger partial charge in [-0.2, -0.15) is 0 Å². The molecule has 0 saturated carbocycles. The van der Waals surface area contributed by atoms with Crippen LogP contribution < -0.4 is 0 Å². The number of hydrogen-bond acceptors (Lipinski definition) is 2. The van der Waals surface area contributed by atoms with Crippen LogP contribution in [0.1, 0.15) is 28.8 Å². The Kier molecular flexibility index (Phi) is 5.41. The number of halogens is 3. The van der Waals surface area contributed by atoms with E-state index in [0.717, 1.165) is 0 Å². The molecule has 0 amide bonds. The summed E-state index contributed by atoms with van der Waals surface area (Å²) in [5.74, 6) is -0.0343. The van der Waals surface area contributed by atoms with E-state index in [1.54, 1.807) is 6.26 Å². The smallest absolute Gasteiger partial charge is 0.264 e. The quantitative estimate of drug-likeness (QED) is 0.458. The summed E-state index contributed by atoms with van der Waals surface area (Å²) in [7, 11) is 0. The van der Waals surface area contributed by atoms with Gasteiger partial charge in [0.2, 0.25) is 0 Å². The van der Waals surface area contributed by atoms with Crippen molar-refractivity contribution in [1.29, 1.82) is 0 Å². The van der Waals surface area contributed by atoms with Crippen molar-refractivity contribution in [2.75, 3.05) is 11.6 Å². The molecule has 5 heteroatoms. The van der Waals surface area contributed by atoms with Crippen molar-refractivity contribution in [1.82, 2.24) is 0 Å². The first kappa shape index (κ1) is 13.6. The Morgan fingerprint density at radius 1 is 1.50 bits per heavy atom. The van der Waals surface area contributed by atoms with Crippen molar-refractivity contribution >= 4 is 33.5 Å². The Bertz CT molecular complexity index is 382. The van der Waals surface area contributed by atoms with Crippen molar-refractivity contribution in [3.8, 4) is 0 Å². The highest BCUT2D eigenvalue weighted by Gasteiger charge is 2.14. The minimum Gasteiger partial charge on any atom is -0.294 e. The maximum absolute atomic E-state index is 12.6. The molecule has 1 rings (SSSR count). The number of hydrogen-bond donors (Lipinski definition) is 0. The van der Waals surface area contributed by atoms with Crippen LogP contribution in [0.5, 0.6) is 0 Å². The highest BCUT2D eigenvalue weighted by atomic mass is 79.9. The lowest BCUT2D eigenvalue weighted by atomic mass is 10.1. The van der Waals surface area contributed by atoms with Crippen molar-refractivity contribution in [3.63, 3.8) is 0 Å². The van der Waals surface area contributed by atoms with Gasteiger partial charge in [0, 0.05) is 27.8 Å². The Balaban J connectivity index is 3.04. The summed E-state index contributed by atoms with van der Waals surface area (Å²) in [6.07, 6.45) is -0.398. The Morgan fingerprint density at radius 3 is 2.69 bits per heavy atom. The number of Topliss-reactive ketones (excluding diaryl/α,β-unsaturated/α-hetero) is 1. The second-order valence-corrected chi connectivity index (χ2v) is 4.76. The number of carbonyl (C=O) groups excluding carboxylic acids is 1. The summed E-state index contributed by atoms with van der Waals surface area (Å²) < 4.78 is 25.2. The van der Waals surface area contributed by atoms with Gasteiger partial charge in [-0.15, -0.1) is 11.8 Å². The number of thioether (sulfide) groups is 1. The lowest BCUT2D eigenvalue weighted by molar-refractivity contribution is 0.0989. The molecule has 0 aliphatic rings. The molecule has 1 aromatic rings. The van der Waals surface area contributed by atoms with E-state index in [0.29, 0.717) is 22.2 Å². The molecule has 0 heterocycles. The minimum atomic E-state index is -2.50. The van der Waals surface area contributed by atoms with Crippen LogP contribution in [0.25, 0.3) is 0 Å². The van der Waals surface area contributed by atoms with Crippen LogP contribution in [0.4, 0.5) is 8.78 Å². The predicted molar refractivity (Wildman–Crippen MR) is 65.9 cm³/mol. The molecule has 0 aliphatic carbocycles. The molecule has 0 bridgehead atoms. The van der Waals surface area contributed by atoms with E-state index in [1.807, 2.05) is 0 Å². The first-order valence-corrected chi connectivity index (χ1v) is 7.00. The third-order valence-corrected chi connectivity index (χ3v) is 3.30. The van der Waals surface area contributed by atoms with Crippen molar-refractivity contribution < 1.29 is 13.6 Å².